The first-order valence-corrected chi connectivity index (χ1v) is 8.50. The number of aliphatic imine (C=N–C) groups is 1. The van der Waals surface area contributed by atoms with Gasteiger partial charge in [0.15, 0.2) is 11.7 Å². The maximum Gasteiger partial charge on any atom is 0.310 e. The summed E-state index contributed by atoms with van der Waals surface area (Å²) >= 11 is 0. The van der Waals surface area contributed by atoms with Crippen LogP contribution < -0.4 is 5.32 Å². The minimum Gasteiger partial charge on any atom is -0.469 e. The van der Waals surface area contributed by atoms with E-state index in [2.05, 4.69) is 15.2 Å². The molecule has 0 saturated carbocycles. The molecule has 0 spiro atoms. The SMILES string of the molecule is CCNC(=NCC(C)C(=O)OC)N1CCN(C(=O)c2ccco2)CC1. The molecule has 1 atom stereocenters. The average Bonchev–Trinajstić information content (AvgIpc) is 3.18. The maximum absolute atomic E-state index is 12.3. The van der Waals surface area contributed by atoms with Gasteiger partial charge in [0.05, 0.1) is 25.8 Å². The van der Waals surface area contributed by atoms with Crippen molar-refractivity contribution in [3.8, 4) is 0 Å². The lowest BCUT2D eigenvalue weighted by Gasteiger charge is -2.36. The van der Waals surface area contributed by atoms with Crippen LogP contribution in [0, 0.1) is 5.92 Å². The number of nitrogens with zero attached hydrogens (tertiary/aromatic N) is 3. The predicted molar refractivity (Wildman–Crippen MR) is 93.3 cm³/mol. The smallest absolute Gasteiger partial charge is 0.310 e. The molecular weight excluding hydrogens is 324 g/mol. The number of carbonyl (C=O) groups excluding carboxylic acids is 2. The zero-order chi connectivity index (χ0) is 18.2. The summed E-state index contributed by atoms with van der Waals surface area (Å²) in [6.45, 7) is 7.41. The quantitative estimate of drug-likeness (QED) is 0.480. The molecule has 0 radical (unpaired) electrons. The van der Waals surface area contributed by atoms with Crippen LogP contribution in [0.5, 0.6) is 0 Å². The Morgan fingerprint density at radius 3 is 2.56 bits per heavy atom. The largest absolute Gasteiger partial charge is 0.469 e. The molecule has 1 saturated heterocycles. The number of nitrogens with one attached hydrogen (secondary N) is 1. The van der Waals surface area contributed by atoms with E-state index in [0.717, 1.165) is 12.5 Å². The Labute approximate surface area is 147 Å². The first kappa shape index (κ1) is 18.8. The topological polar surface area (TPSA) is 87.4 Å². The highest BCUT2D eigenvalue weighted by molar-refractivity contribution is 5.91. The van der Waals surface area contributed by atoms with Crippen LogP contribution in [0.15, 0.2) is 27.8 Å². The van der Waals surface area contributed by atoms with Crippen LogP contribution in [0.25, 0.3) is 0 Å². The molecule has 0 aromatic carbocycles. The van der Waals surface area contributed by atoms with E-state index in [-0.39, 0.29) is 17.8 Å². The Kier molecular flexibility index (Phi) is 6.85. The molecule has 1 aromatic heterocycles. The predicted octanol–water partition coefficient (Wildman–Crippen LogP) is 0.812. The summed E-state index contributed by atoms with van der Waals surface area (Å²) in [5.41, 5.74) is 0. The van der Waals surface area contributed by atoms with Gasteiger partial charge in [-0.2, -0.15) is 0 Å². The van der Waals surface area contributed by atoms with Crippen LogP contribution in [0.1, 0.15) is 24.4 Å². The summed E-state index contributed by atoms with van der Waals surface area (Å²) < 4.78 is 9.90. The maximum atomic E-state index is 12.3. The summed E-state index contributed by atoms with van der Waals surface area (Å²) in [5, 5.41) is 3.24. The third kappa shape index (κ3) is 4.98. The van der Waals surface area contributed by atoms with Gasteiger partial charge in [0.1, 0.15) is 0 Å². The fourth-order valence-electron chi connectivity index (χ4n) is 2.60. The number of hydrogen-bond acceptors (Lipinski definition) is 5. The minimum absolute atomic E-state index is 0.0918. The fourth-order valence-corrected chi connectivity index (χ4v) is 2.60. The molecule has 2 heterocycles. The van der Waals surface area contributed by atoms with E-state index in [1.807, 2.05) is 6.92 Å². The number of ether oxygens (including phenoxy) is 1. The Bertz CT molecular complexity index is 592. The van der Waals surface area contributed by atoms with Crippen molar-refractivity contribution in [2.24, 2.45) is 10.9 Å². The van der Waals surface area contributed by atoms with Crippen molar-refractivity contribution in [2.75, 3.05) is 46.4 Å². The Hall–Kier alpha value is -2.51. The Balaban J connectivity index is 1.93. The number of piperazine rings is 1. The van der Waals surface area contributed by atoms with Crippen molar-refractivity contribution in [3.05, 3.63) is 24.2 Å². The molecule has 1 N–H and O–H groups in total. The van der Waals surface area contributed by atoms with Crippen molar-refractivity contribution < 1.29 is 18.7 Å². The normalized spacial score (nSPS) is 16.5. The second-order valence-electron chi connectivity index (χ2n) is 5.88. The molecule has 1 aromatic rings. The first-order chi connectivity index (χ1) is 12.1. The molecule has 1 unspecified atom stereocenters. The fraction of sp³-hybridized carbons (Fsp3) is 0.588. The van der Waals surface area contributed by atoms with E-state index in [4.69, 9.17) is 9.15 Å². The van der Waals surface area contributed by atoms with Crippen molar-refractivity contribution in [1.82, 2.24) is 15.1 Å². The lowest BCUT2D eigenvalue weighted by atomic mass is 10.2. The van der Waals surface area contributed by atoms with Gasteiger partial charge in [-0.05, 0) is 19.1 Å². The third-order valence-electron chi connectivity index (χ3n) is 4.05. The number of methoxy groups -OCH3 is 1. The molecule has 1 aliphatic rings. The molecular formula is C17H26N4O4. The van der Waals surface area contributed by atoms with E-state index in [0.29, 0.717) is 38.5 Å². The monoisotopic (exact) mass is 350 g/mol. The molecule has 1 fully saturated rings. The van der Waals surface area contributed by atoms with Crippen molar-refractivity contribution >= 4 is 17.8 Å². The van der Waals surface area contributed by atoms with Crippen LogP contribution in [0.3, 0.4) is 0 Å². The van der Waals surface area contributed by atoms with Crippen LogP contribution in [-0.4, -0.2) is 74.0 Å². The van der Waals surface area contributed by atoms with Gasteiger partial charge in [-0.25, -0.2) is 0 Å². The molecule has 2 rings (SSSR count). The van der Waals surface area contributed by atoms with Crippen molar-refractivity contribution in [1.29, 1.82) is 0 Å². The summed E-state index contributed by atoms with van der Waals surface area (Å²) in [6.07, 6.45) is 1.50. The van der Waals surface area contributed by atoms with Gasteiger partial charge < -0.3 is 24.3 Å². The van der Waals surface area contributed by atoms with Gasteiger partial charge in [0.25, 0.3) is 5.91 Å². The van der Waals surface area contributed by atoms with E-state index < -0.39 is 0 Å². The standard InChI is InChI=1S/C17H26N4O4/c1-4-18-17(19-12-13(2)16(23)24-3)21-9-7-20(8-10-21)15(22)14-6-5-11-25-14/h5-6,11,13H,4,7-10,12H2,1-3H3,(H,18,19). The third-order valence-corrected chi connectivity index (χ3v) is 4.05. The summed E-state index contributed by atoms with van der Waals surface area (Å²) in [7, 11) is 1.38. The molecule has 25 heavy (non-hydrogen) atoms. The van der Waals surface area contributed by atoms with Crippen LogP contribution in [-0.2, 0) is 9.53 Å². The summed E-state index contributed by atoms with van der Waals surface area (Å²) in [6, 6.07) is 3.39. The number of furan rings is 1. The highest BCUT2D eigenvalue weighted by Gasteiger charge is 2.25. The van der Waals surface area contributed by atoms with Crippen LogP contribution in [0.4, 0.5) is 0 Å². The number of esters is 1. The second-order valence-corrected chi connectivity index (χ2v) is 5.88. The van der Waals surface area contributed by atoms with Gasteiger partial charge in [0, 0.05) is 32.7 Å². The molecule has 8 heteroatoms. The molecule has 1 amide bonds. The number of rotatable bonds is 5. The molecule has 138 valence electrons. The average molecular weight is 350 g/mol. The van der Waals surface area contributed by atoms with E-state index >= 15 is 0 Å². The number of carbonyl (C=O) groups is 2. The van der Waals surface area contributed by atoms with E-state index in [1.165, 1.54) is 13.4 Å². The summed E-state index contributed by atoms with van der Waals surface area (Å²) in [5.74, 6) is 0.462. The lowest BCUT2D eigenvalue weighted by molar-refractivity contribution is -0.144. The number of guanidine groups is 1. The highest BCUT2D eigenvalue weighted by Crippen LogP contribution is 2.10. The Morgan fingerprint density at radius 1 is 1.32 bits per heavy atom. The minimum atomic E-state index is -0.291. The van der Waals surface area contributed by atoms with Gasteiger partial charge >= 0.3 is 5.97 Å². The molecule has 0 aliphatic carbocycles. The van der Waals surface area contributed by atoms with Gasteiger partial charge in [-0.3, -0.25) is 14.6 Å². The second kappa shape index (κ2) is 9.10. The molecule has 8 nitrogen and oxygen atoms in total. The van der Waals surface area contributed by atoms with E-state index in [9.17, 15) is 9.59 Å². The Morgan fingerprint density at radius 2 is 2.00 bits per heavy atom. The summed E-state index contributed by atoms with van der Waals surface area (Å²) in [4.78, 5) is 32.2. The van der Waals surface area contributed by atoms with Crippen molar-refractivity contribution in [3.63, 3.8) is 0 Å². The molecule has 0 bridgehead atoms. The highest BCUT2D eigenvalue weighted by atomic mass is 16.5. The van der Waals surface area contributed by atoms with Crippen molar-refractivity contribution in [2.45, 2.75) is 13.8 Å². The number of hydrogen-bond donors (Lipinski definition) is 1. The van der Waals surface area contributed by atoms with Crippen LogP contribution in [0.2, 0.25) is 0 Å². The van der Waals surface area contributed by atoms with Gasteiger partial charge in [0.2, 0.25) is 0 Å². The van der Waals surface area contributed by atoms with Crippen LogP contribution >= 0.6 is 0 Å². The molecule has 1 aliphatic heterocycles. The van der Waals surface area contributed by atoms with Gasteiger partial charge in [-0.15, -0.1) is 0 Å². The van der Waals surface area contributed by atoms with E-state index in [1.54, 1.807) is 24.0 Å². The lowest BCUT2D eigenvalue weighted by Crippen LogP contribution is -2.53. The van der Waals surface area contributed by atoms with Gasteiger partial charge in [-0.1, -0.05) is 6.92 Å². The number of amides is 1. The zero-order valence-electron chi connectivity index (χ0n) is 15.0. The zero-order valence-corrected chi connectivity index (χ0v) is 15.0. The first-order valence-electron chi connectivity index (χ1n) is 8.50.